The number of nitrogens with zero attached hydrogens (tertiary/aromatic N) is 2. The van der Waals surface area contributed by atoms with Gasteiger partial charge in [0, 0.05) is 22.1 Å². The number of carbonyl (C=O) groups is 2. The Kier molecular flexibility index (Phi) is 4.88. The van der Waals surface area contributed by atoms with Gasteiger partial charge in [-0.1, -0.05) is 46.0 Å². The Morgan fingerprint density at radius 2 is 2.12 bits per heavy atom. The SMILES string of the molecule is O=C(O)CN1C(=O)C(=Cc2cccn2-c2cccc(Br)c2)SC1=S. The second-order valence-electron chi connectivity index (χ2n) is 4.94. The first-order chi connectivity index (χ1) is 11.5. The Bertz CT molecular complexity index is 876. The van der Waals surface area contributed by atoms with E-state index < -0.39 is 12.5 Å². The summed E-state index contributed by atoms with van der Waals surface area (Å²) in [6.45, 7) is -0.422. The zero-order valence-electron chi connectivity index (χ0n) is 12.2. The van der Waals surface area contributed by atoms with Crippen molar-refractivity contribution in [3.63, 3.8) is 0 Å². The van der Waals surface area contributed by atoms with E-state index in [0.717, 1.165) is 32.5 Å². The van der Waals surface area contributed by atoms with Gasteiger partial charge in [-0.2, -0.15) is 0 Å². The summed E-state index contributed by atoms with van der Waals surface area (Å²) >= 11 is 9.66. The third-order valence-corrected chi connectivity index (χ3v) is 5.18. The Labute approximate surface area is 156 Å². The minimum atomic E-state index is -1.09. The van der Waals surface area contributed by atoms with Gasteiger partial charge in [0.25, 0.3) is 5.91 Å². The van der Waals surface area contributed by atoms with Crippen molar-refractivity contribution in [3.05, 3.63) is 57.7 Å². The number of amides is 1. The summed E-state index contributed by atoms with van der Waals surface area (Å²) in [7, 11) is 0. The highest BCUT2D eigenvalue weighted by Gasteiger charge is 2.33. The average molecular weight is 423 g/mol. The van der Waals surface area contributed by atoms with Crippen LogP contribution in [0.4, 0.5) is 0 Å². The molecule has 0 atom stereocenters. The molecule has 1 aromatic heterocycles. The fraction of sp³-hybridized carbons (Fsp3) is 0.0625. The molecule has 0 aliphatic carbocycles. The minimum Gasteiger partial charge on any atom is -0.480 e. The molecule has 1 N–H and O–H groups in total. The van der Waals surface area contributed by atoms with Gasteiger partial charge in [-0.15, -0.1) is 0 Å². The number of carboxylic acids is 1. The summed E-state index contributed by atoms with van der Waals surface area (Å²) in [5.74, 6) is -1.47. The summed E-state index contributed by atoms with van der Waals surface area (Å²) in [5, 5.41) is 8.88. The molecule has 1 amide bonds. The second-order valence-corrected chi connectivity index (χ2v) is 7.54. The molecule has 1 aliphatic rings. The van der Waals surface area contributed by atoms with Gasteiger partial charge in [-0.3, -0.25) is 14.5 Å². The minimum absolute atomic E-state index is 0.259. The van der Waals surface area contributed by atoms with E-state index in [1.54, 1.807) is 6.08 Å². The quantitative estimate of drug-likeness (QED) is 0.602. The largest absolute Gasteiger partial charge is 0.480 e. The lowest BCUT2D eigenvalue weighted by molar-refractivity contribution is -0.140. The Balaban J connectivity index is 1.93. The third-order valence-electron chi connectivity index (χ3n) is 3.31. The molecule has 1 saturated heterocycles. The van der Waals surface area contributed by atoms with E-state index >= 15 is 0 Å². The van der Waals surface area contributed by atoms with Crippen molar-refractivity contribution in [2.45, 2.75) is 0 Å². The maximum atomic E-state index is 12.3. The number of thiocarbonyl (C=S) groups is 1. The van der Waals surface area contributed by atoms with Crippen LogP contribution in [0.25, 0.3) is 11.8 Å². The molecule has 8 heteroatoms. The Morgan fingerprint density at radius 3 is 2.83 bits per heavy atom. The lowest BCUT2D eigenvalue weighted by Crippen LogP contribution is -2.33. The summed E-state index contributed by atoms with van der Waals surface area (Å²) in [6.07, 6.45) is 3.62. The van der Waals surface area contributed by atoms with Crippen LogP contribution in [0.3, 0.4) is 0 Å². The van der Waals surface area contributed by atoms with E-state index in [2.05, 4.69) is 15.9 Å². The second kappa shape index (κ2) is 6.92. The van der Waals surface area contributed by atoms with Crippen LogP contribution in [0.2, 0.25) is 0 Å². The number of carbonyl (C=O) groups excluding carboxylic acids is 1. The lowest BCUT2D eigenvalue weighted by Gasteiger charge is -2.10. The first-order valence-electron chi connectivity index (χ1n) is 6.86. The van der Waals surface area contributed by atoms with E-state index in [1.807, 2.05) is 47.2 Å². The van der Waals surface area contributed by atoms with Crippen LogP contribution in [-0.4, -0.2) is 37.3 Å². The predicted octanol–water partition coefficient (Wildman–Crippen LogP) is 3.53. The maximum Gasteiger partial charge on any atom is 0.323 e. The fourth-order valence-electron chi connectivity index (χ4n) is 2.28. The molecule has 2 aromatic rings. The molecule has 0 radical (unpaired) electrons. The molecule has 0 spiro atoms. The number of aliphatic carboxylic acids is 1. The maximum absolute atomic E-state index is 12.3. The van der Waals surface area contributed by atoms with Crippen molar-refractivity contribution in [2.75, 3.05) is 6.54 Å². The molecule has 5 nitrogen and oxygen atoms in total. The van der Waals surface area contributed by atoms with E-state index in [9.17, 15) is 9.59 Å². The zero-order valence-corrected chi connectivity index (χ0v) is 15.4. The van der Waals surface area contributed by atoms with Gasteiger partial charge in [-0.05, 0) is 36.4 Å². The molecular weight excluding hydrogens is 412 g/mol. The number of aromatic nitrogens is 1. The summed E-state index contributed by atoms with van der Waals surface area (Å²) < 4.78 is 3.15. The number of carboxylic acid groups (broad SMARTS) is 1. The van der Waals surface area contributed by atoms with Gasteiger partial charge in [0.1, 0.15) is 10.9 Å². The smallest absolute Gasteiger partial charge is 0.323 e. The van der Waals surface area contributed by atoms with Crippen LogP contribution < -0.4 is 0 Å². The monoisotopic (exact) mass is 422 g/mol. The Hall–Kier alpha value is -1.90. The first kappa shape index (κ1) is 16.9. The van der Waals surface area contributed by atoms with E-state index in [4.69, 9.17) is 17.3 Å². The van der Waals surface area contributed by atoms with Gasteiger partial charge in [0.2, 0.25) is 0 Å². The fourth-order valence-corrected chi connectivity index (χ4v) is 3.91. The standard InChI is InChI=1S/C16H11BrN2O3S2/c17-10-3-1-4-11(7-10)18-6-2-5-12(18)8-13-15(22)19(9-14(20)21)16(23)24-13/h1-8H,9H2,(H,20,21). The Morgan fingerprint density at radius 1 is 1.33 bits per heavy atom. The molecule has 122 valence electrons. The molecule has 24 heavy (non-hydrogen) atoms. The van der Waals surface area contributed by atoms with Crippen molar-refractivity contribution in [3.8, 4) is 5.69 Å². The molecular formula is C16H11BrN2O3S2. The molecule has 2 heterocycles. The molecule has 0 bridgehead atoms. The zero-order chi connectivity index (χ0) is 17.3. The summed E-state index contributed by atoms with van der Waals surface area (Å²) in [6, 6.07) is 11.5. The average Bonchev–Trinajstić information content (AvgIpc) is 3.08. The molecule has 3 rings (SSSR count). The van der Waals surface area contributed by atoms with E-state index in [1.165, 1.54) is 0 Å². The first-order valence-corrected chi connectivity index (χ1v) is 8.88. The van der Waals surface area contributed by atoms with Gasteiger partial charge in [0.15, 0.2) is 0 Å². The molecule has 1 fully saturated rings. The van der Waals surface area contributed by atoms with Crippen molar-refractivity contribution in [1.29, 1.82) is 0 Å². The number of hydrogen-bond acceptors (Lipinski definition) is 4. The highest BCUT2D eigenvalue weighted by Crippen LogP contribution is 2.32. The van der Waals surface area contributed by atoms with Gasteiger partial charge in [-0.25, -0.2) is 0 Å². The number of thioether (sulfide) groups is 1. The molecule has 0 unspecified atom stereocenters. The van der Waals surface area contributed by atoms with Crippen LogP contribution in [0.15, 0.2) is 52.0 Å². The number of benzene rings is 1. The van der Waals surface area contributed by atoms with Crippen LogP contribution in [-0.2, 0) is 9.59 Å². The third kappa shape index (κ3) is 3.45. The summed E-state index contributed by atoms with van der Waals surface area (Å²) in [5.41, 5.74) is 1.76. The summed E-state index contributed by atoms with van der Waals surface area (Å²) in [4.78, 5) is 24.7. The van der Waals surface area contributed by atoms with Crippen LogP contribution in [0, 0.1) is 0 Å². The van der Waals surface area contributed by atoms with E-state index in [0.29, 0.717) is 4.91 Å². The number of hydrogen-bond donors (Lipinski definition) is 1. The van der Waals surface area contributed by atoms with Crippen LogP contribution >= 0.6 is 39.9 Å². The van der Waals surface area contributed by atoms with E-state index in [-0.39, 0.29) is 10.2 Å². The molecule has 0 saturated carbocycles. The number of halogens is 1. The lowest BCUT2D eigenvalue weighted by atomic mass is 10.3. The van der Waals surface area contributed by atoms with Gasteiger partial charge in [0.05, 0.1) is 4.91 Å². The predicted molar refractivity (Wildman–Crippen MR) is 101 cm³/mol. The normalized spacial score (nSPS) is 16.2. The van der Waals surface area contributed by atoms with Crippen molar-refractivity contribution < 1.29 is 14.7 Å². The number of rotatable bonds is 4. The highest BCUT2D eigenvalue weighted by molar-refractivity contribution is 9.10. The van der Waals surface area contributed by atoms with Gasteiger partial charge >= 0.3 is 5.97 Å². The van der Waals surface area contributed by atoms with Crippen molar-refractivity contribution in [1.82, 2.24) is 9.47 Å². The topological polar surface area (TPSA) is 62.5 Å². The van der Waals surface area contributed by atoms with Crippen LogP contribution in [0.5, 0.6) is 0 Å². The van der Waals surface area contributed by atoms with Crippen molar-refractivity contribution in [2.24, 2.45) is 0 Å². The van der Waals surface area contributed by atoms with Crippen LogP contribution in [0.1, 0.15) is 5.69 Å². The van der Waals surface area contributed by atoms with Gasteiger partial charge < -0.3 is 9.67 Å². The molecule has 1 aromatic carbocycles. The van der Waals surface area contributed by atoms with Crippen molar-refractivity contribution >= 4 is 62.2 Å². The highest BCUT2D eigenvalue weighted by atomic mass is 79.9. The molecule has 1 aliphatic heterocycles.